The number of amides is 2. The number of nitrogens with zero attached hydrogens (tertiary/aromatic N) is 2. The Morgan fingerprint density at radius 2 is 1.03 bits per heavy atom. The van der Waals surface area contributed by atoms with Gasteiger partial charge in [0.15, 0.2) is 0 Å². The molecule has 2 amide bonds. The molecule has 0 heterocycles. The number of carbonyl (C=O) groups excluding carboxylic acids is 2. The molecule has 0 radical (unpaired) electrons. The van der Waals surface area contributed by atoms with Crippen molar-refractivity contribution < 1.29 is 19.4 Å². The van der Waals surface area contributed by atoms with E-state index in [9.17, 15) is 29.8 Å². The third kappa shape index (κ3) is 4.95. The van der Waals surface area contributed by atoms with Crippen molar-refractivity contribution >= 4 is 68.5 Å². The number of rotatable bonds is 6. The highest BCUT2D eigenvalue weighted by atomic mass is 35.5. The SMILES string of the molecule is O=C(Nc1cccc2c(NC(=O)c3cc([N+](=O)[O-])ccc3Cl)cccc12)c1cc([N+](=O)[O-])ccc1Cl. The fourth-order valence-corrected chi connectivity index (χ4v) is 3.92. The second-order valence-electron chi connectivity index (χ2n) is 7.46. The van der Waals surface area contributed by atoms with Gasteiger partial charge in [-0.2, -0.15) is 0 Å². The summed E-state index contributed by atoms with van der Waals surface area (Å²) in [5.74, 6) is -1.32. The van der Waals surface area contributed by atoms with Crippen molar-refractivity contribution in [1.82, 2.24) is 0 Å². The average molecular weight is 525 g/mol. The van der Waals surface area contributed by atoms with E-state index >= 15 is 0 Å². The van der Waals surface area contributed by atoms with Crippen LogP contribution in [0, 0.1) is 20.2 Å². The second kappa shape index (κ2) is 9.98. The zero-order valence-electron chi connectivity index (χ0n) is 18.0. The molecular weight excluding hydrogens is 511 g/mol. The first-order valence-electron chi connectivity index (χ1n) is 10.2. The minimum Gasteiger partial charge on any atom is -0.321 e. The number of anilines is 2. The molecule has 0 aliphatic heterocycles. The Balaban J connectivity index is 1.66. The quantitative estimate of drug-likeness (QED) is 0.218. The van der Waals surface area contributed by atoms with E-state index in [1.54, 1.807) is 36.4 Å². The van der Waals surface area contributed by atoms with Gasteiger partial charge in [-0.25, -0.2) is 0 Å². The molecule has 0 aromatic heterocycles. The van der Waals surface area contributed by atoms with Gasteiger partial charge in [0.05, 0.1) is 31.0 Å². The van der Waals surface area contributed by atoms with E-state index in [0.29, 0.717) is 22.1 Å². The molecule has 0 aliphatic rings. The second-order valence-corrected chi connectivity index (χ2v) is 8.27. The number of carbonyl (C=O) groups is 2. The summed E-state index contributed by atoms with van der Waals surface area (Å²) < 4.78 is 0. The molecule has 0 atom stereocenters. The fourth-order valence-electron chi connectivity index (χ4n) is 3.51. The molecule has 180 valence electrons. The van der Waals surface area contributed by atoms with Crippen LogP contribution in [-0.4, -0.2) is 21.7 Å². The van der Waals surface area contributed by atoms with Crippen LogP contribution in [0.3, 0.4) is 0 Å². The summed E-state index contributed by atoms with van der Waals surface area (Å²) in [6.45, 7) is 0. The molecule has 0 unspecified atom stereocenters. The van der Waals surface area contributed by atoms with Gasteiger partial charge in [0.1, 0.15) is 0 Å². The van der Waals surface area contributed by atoms with Crippen LogP contribution in [0.4, 0.5) is 22.7 Å². The van der Waals surface area contributed by atoms with Crippen molar-refractivity contribution in [2.24, 2.45) is 0 Å². The Bertz CT molecular complexity index is 1460. The van der Waals surface area contributed by atoms with Crippen molar-refractivity contribution in [1.29, 1.82) is 0 Å². The molecule has 0 aliphatic carbocycles. The summed E-state index contributed by atoms with van der Waals surface area (Å²) in [6, 6.07) is 17.0. The average Bonchev–Trinajstić information content (AvgIpc) is 2.84. The first-order valence-corrected chi connectivity index (χ1v) is 10.9. The summed E-state index contributed by atoms with van der Waals surface area (Å²) in [4.78, 5) is 46.6. The molecule has 36 heavy (non-hydrogen) atoms. The summed E-state index contributed by atoms with van der Waals surface area (Å²) in [7, 11) is 0. The predicted molar refractivity (Wildman–Crippen MR) is 136 cm³/mol. The maximum atomic E-state index is 12.9. The van der Waals surface area contributed by atoms with E-state index in [1.165, 1.54) is 24.3 Å². The molecule has 0 bridgehead atoms. The Morgan fingerprint density at radius 1 is 0.639 bits per heavy atom. The first kappa shape index (κ1) is 24.6. The van der Waals surface area contributed by atoms with E-state index in [1.807, 2.05) is 0 Å². The third-order valence-corrected chi connectivity index (χ3v) is 5.89. The molecule has 0 saturated heterocycles. The van der Waals surface area contributed by atoms with Gasteiger partial charge >= 0.3 is 0 Å². The van der Waals surface area contributed by atoms with E-state index in [2.05, 4.69) is 10.6 Å². The van der Waals surface area contributed by atoms with Crippen molar-refractivity contribution in [2.75, 3.05) is 10.6 Å². The van der Waals surface area contributed by atoms with Gasteiger partial charge in [0, 0.05) is 46.4 Å². The summed E-state index contributed by atoms with van der Waals surface area (Å²) in [5, 5.41) is 28.7. The highest BCUT2D eigenvalue weighted by molar-refractivity contribution is 6.35. The van der Waals surface area contributed by atoms with Crippen LogP contribution in [0.5, 0.6) is 0 Å². The van der Waals surface area contributed by atoms with Gasteiger partial charge in [0.2, 0.25) is 0 Å². The third-order valence-electron chi connectivity index (χ3n) is 5.23. The maximum absolute atomic E-state index is 12.9. The Morgan fingerprint density at radius 3 is 1.39 bits per heavy atom. The van der Waals surface area contributed by atoms with Crippen LogP contribution >= 0.6 is 23.2 Å². The van der Waals surface area contributed by atoms with E-state index in [-0.39, 0.29) is 32.5 Å². The molecule has 4 rings (SSSR count). The van der Waals surface area contributed by atoms with Gasteiger partial charge in [-0.1, -0.05) is 47.5 Å². The van der Waals surface area contributed by atoms with Gasteiger partial charge in [-0.05, 0) is 24.3 Å². The highest BCUT2D eigenvalue weighted by Crippen LogP contribution is 2.32. The number of nitro benzene ring substituents is 2. The highest BCUT2D eigenvalue weighted by Gasteiger charge is 2.19. The minimum atomic E-state index is -0.658. The largest absolute Gasteiger partial charge is 0.321 e. The summed E-state index contributed by atoms with van der Waals surface area (Å²) in [5.41, 5.74) is 0.00828. The Hall–Kier alpha value is -4.54. The lowest BCUT2D eigenvalue weighted by Gasteiger charge is -2.13. The van der Waals surface area contributed by atoms with Crippen molar-refractivity contribution in [2.45, 2.75) is 0 Å². The number of hydrogen-bond acceptors (Lipinski definition) is 6. The van der Waals surface area contributed by atoms with Gasteiger partial charge < -0.3 is 10.6 Å². The standard InChI is InChI=1S/C24H14Cl2N4O6/c25-19-9-7-13(29(33)34)11-17(19)23(31)27-21-5-1-3-15-16(21)4-2-6-22(15)28-24(32)18-12-14(30(35)36)8-10-20(18)26/h1-12H,(H,27,31)(H,28,32). The molecule has 0 fully saturated rings. The normalized spacial score (nSPS) is 10.6. The molecule has 4 aromatic rings. The van der Waals surface area contributed by atoms with Crippen molar-refractivity contribution in [3.05, 3.63) is 114 Å². The van der Waals surface area contributed by atoms with E-state index < -0.39 is 21.7 Å². The molecule has 10 nitrogen and oxygen atoms in total. The lowest BCUT2D eigenvalue weighted by atomic mass is 10.1. The van der Waals surface area contributed by atoms with Gasteiger partial charge in [-0.3, -0.25) is 29.8 Å². The van der Waals surface area contributed by atoms with Crippen LogP contribution in [0.2, 0.25) is 10.0 Å². The van der Waals surface area contributed by atoms with Crippen LogP contribution < -0.4 is 10.6 Å². The van der Waals surface area contributed by atoms with Gasteiger partial charge in [-0.15, -0.1) is 0 Å². The number of nitrogens with one attached hydrogen (secondary N) is 2. The van der Waals surface area contributed by atoms with Crippen LogP contribution in [-0.2, 0) is 0 Å². The number of halogens is 2. The van der Waals surface area contributed by atoms with Gasteiger partial charge in [0.25, 0.3) is 23.2 Å². The molecule has 2 N–H and O–H groups in total. The topological polar surface area (TPSA) is 144 Å². The molecule has 4 aromatic carbocycles. The number of nitro groups is 2. The number of hydrogen-bond donors (Lipinski definition) is 2. The Labute approximate surface area is 212 Å². The zero-order chi connectivity index (χ0) is 26.0. The van der Waals surface area contributed by atoms with Crippen molar-refractivity contribution in [3.8, 4) is 0 Å². The van der Waals surface area contributed by atoms with E-state index in [4.69, 9.17) is 23.2 Å². The summed E-state index contributed by atoms with van der Waals surface area (Å²) in [6.07, 6.45) is 0. The molecule has 12 heteroatoms. The van der Waals surface area contributed by atoms with Crippen LogP contribution in [0.25, 0.3) is 10.8 Å². The lowest BCUT2D eigenvalue weighted by molar-refractivity contribution is -0.385. The smallest absolute Gasteiger partial charge is 0.270 e. The molecule has 0 spiro atoms. The first-order chi connectivity index (χ1) is 17.2. The number of non-ortho nitro benzene ring substituents is 2. The van der Waals surface area contributed by atoms with E-state index in [0.717, 1.165) is 12.1 Å². The minimum absolute atomic E-state index is 0.0418. The number of fused-ring (bicyclic) bond motifs is 1. The summed E-state index contributed by atoms with van der Waals surface area (Å²) >= 11 is 12.2. The van der Waals surface area contributed by atoms with Crippen LogP contribution in [0.15, 0.2) is 72.8 Å². The Kier molecular flexibility index (Phi) is 6.82. The molecular formula is C24H14Cl2N4O6. The maximum Gasteiger partial charge on any atom is 0.270 e. The van der Waals surface area contributed by atoms with Crippen LogP contribution in [0.1, 0.15) is 20.7 Å². The fraction of sp³-hybridized carbons (Fsp3) is 0. The lowest BCUT2D eigenvalue weighted by Crippen LogP contribution is -2.14. The molecule has 0 saturated carbocycles. The number of benzene rings is 4. The monoisotopic (exact) mass is 524 g/mol. The van der Waals surface area contributed by atoms with Crippen molar-refractivity contribution in [3.63, 3.8) is 0 Å². The predicted octanol–water partition coefficient (Wildman–Crippen LogP) is 6.47. The zero-order valence-corrected chi connectivity index (χ0v) is 19.5.